The Hall–Kier alpha value is -3.37. The van der Waals surface area contributed by atoms with E-state index in [-0.39, 0.29) is 39.8 Å². The number of hydrogen-bond acceptors (Lipinski definition) is 5. The van der Waals surface area contributed by atoms with Crippen LogP contribution in [0.4, 0.5) is 17.6 Å². The molecule has 2 atom stereocenters. The summed E-state index contributed by atoms with van der Waals surface area (Å²) in [7, 11) is 1.29. The number of hydrogen-bond donors (Lipinski definition) is 1. The van der Waals surface area contributed by atoms with Crippen LogP contribution in [0.2, 0.25) is 5.02 Å². The van der Waals surface area contributed by atoms with Crippen molar-refractivity contribution in [1.29, 1.82) is 0 Å². The highest BCUT2D eigenvalue weighted by molar-refractivity contribution is 6.31. The first-order valence-corrected chi connectivity index (χ1v) is 11.5. The highest BCUT2D eigenvalue weighted by atomic mass is 35.5. The zero-order valence-corrected chi connectivity index (χ0v) is 21.1. The zero-order valence-electron chi connectivity index (χ0n) is 20.3. The number of carbonyl (C=O) groups excluding carboxylic acids is 1. The van der Waals surface area contributed by atoms with Crippen molar-refractivity contribution in [1.82, 2.24) is 4.57 Å². The van der Waals surface area contributed by atoms with E-state index in [1.54, 1.807) is 6.92 Å². The summed E-state index contributed by atoms with van der Waals surface area (Å²) in [6.45, 7) is 4.14. The summed E-state index contributed by atoms with van der Waals surface area (Å²) < 4.78 is 68.3. The SMILES string of the molecule is CCOC(=O)c1cc(Oc2ccc(C(C)C(O)(c3cc(C)c(=O)n(C)c3)C(F)(F)F)c(Cl)c2)ccc1F. The van der Waals surface area contributed by atoms with Gasteiger partial charge in [0, 0.05) is 35.3 Å². The number of benzene rings is 2. The van der Waals surface area contributed by atoms with Crippen molar-refractivity contribution in [3.8, 4) is 11.5 Å². The molecular weight excluding hydrogens is 518 g/mol. The predicted octanol–water partition coefficient (Wildman–Crippen LogP) is 6.01. The molecule has 0 fully saturated rings. The number of ether oxygens (including phenoxy) is 2. The summed E-state index contributed by atoms with van der Waals surface area (Å²) in [6.07, 6.45) is -4.17. The minimum atomic E-state index is -5.12. The van der Waals surface area contributed by atoms with Crippen LogP contribution in [0.1, 0.15) is 46.8 Å². The van der Waals surface area contributed by atoms with E-state index in [0.717, 1.165) is 29.0 Å². The molecule has 37 heavy (non-hydrogen) atoms. The average Bonchev–Trinajstić information content (AvgIpc) is 2.82. The summed E-state index contributed by atoms with van der Waals surface area (Å²) in [5.41, 5.74) is -4.73. The summed E-state index contributed by atoms with van der Waals surface area (Å²) >= 11 is 6.32. The molecule has 0 bridgehead atoms. The lowest BCUT2D eigenvalue weighted by Gasteiger charge is -2.37. The standard InChI is InChI=1S/C26H24ClF4NO5/c1-5-36-24(34)20-11-17(7-9-22(20)28)37-18-6-8-19(21(27)12-18)15(3)25(35,26(29,30)31)16-10-14(2)23(33)32(4)13-16/h6-13,15,35H,5H2,1-4H3. The van der Waals surface area contributed by atoms with E-state index in [9.17, 15) is 32.3 Å². The third kappa shape index (κ3) is 5.50. The molecule has 198 valence electrons. The van der Waals surface area contributed by atoms with Crippen molar-refractivity contribution in [2.24, 2.45) is 7.05 Å². The van der Waals surface area contributed by atoms with Crippen LogP contribution in [-0.4, -0.2) is 28.4 Å². The van der Waals surface area contributed by atoms with E-state index in [1.165, 1.54) is 45.2 Å². The molecule has 1 aromatic heterocycles. The molecule has 6 nitrogen and oxygen atoms in total. The first-order chi connectivity index (χ1) is 17.2. The second-order valence-corrected chi connectivity index (χ2v) is 8.87. The van der Waals surface area contributed by atoms with E-state index < -0.39 is 40.6 Å². The fraction of sp³-hybridized carbons (Fsp3) is 0.308. The summed E-state index contributed by atoms with van der Waals surface area (Å²) in [4.78, 5) is 23.9. The molecule has 11 heteroatoms. The van der Waals surface area contributed by atoms with Gasteiger partial charge in [-0.3, -0.25) is 4.79 Å². The van der Waals surface area contributed by atoms with Crippen LogP contribution in [0.15, 0.2) is 53.5 Å². The number of carbonyl (C=O) groups is 1. The van der Waals surface area contributed by atoms with Crippen LogP contribution >= 0.6 is 11.6 Å². The molecule has 3 aromatic rings. The molecule has 0 aliphatic heterocycles. The largest absolute Gasteiger partial charge is 0.462 e. The van der Waals surface area contributed by atoms with Gasteiger partial charge >= 0.3 is 12.1 Å². The zero-order chi connectivity index (χ0) is 27.7. The average molecular weight is 542 g/mol. The van der Waals surface area contributed by atoms with Gasteiger partial charge in [0.1, 0.15) is 17.3 Å². The van der Waals surface area contributed by atoms with Gasteiger partial charge in [-0.15, -0.1) is 0 Å². The van der Waals surface area contributed by atoms with Crippen LogP contribution in [0.5, 0.6) is 11.5 Å². The molecule has 2 unspecified atom stereocenters. The van der Waals surface area contributed by atoms with Crippen molar-refractivity contribution >= 4 is 17.6 Å². The molecule has 0 aliphatic carbocycles. The quantitative estimate of drug-likeness (QED) is 0.293. The number of aromatic nitrogens is 1. The Labute approximate surface area is 215 Å². The van der Waals surface area contributed by atoms with Gasteiger partial charge in [0.25, 0.3) is 5.56 Å². The third-order valence-corrected chi connectivity index (χ3v) is 6.30. The maximum Gasteiger partial charge on any atom is 0.422 e. The molecule has 0 saturated carbocycles. The van der Waals surface area contributed by atoms with Crippen molar-refractivity contribution in [2.45, 2.75) is 38.5 Å². The summed E-state index contributed by atoms with van der Waals surface area (Å²) in [5, 5.41) is 10.9. The minimum absolute atomic E-state index is 0.0335. The molecule has 0 spiro atoms. The molecule has 0 aliphatic rings. The van der Waals surface area contributed by atoms with E-state index in [0.29, 0.717) is 0 Å². The van der Waals surface area contributed by atoms with E-state index in [2.05, 4.69) is 0 Å². The van der Waals surface area contributed by atoms with Gasteiger partial charge in [0.2, 0.25) is 0 Å². The number of aryl methyl sites for hydroxylation is 2. The minimum Gasteiger partial charge on any atom is -0.462 e. The molecule has 1 heterocycles. The Morgan fingerprint density at radius 3 is 2.32 bits per heavy atom. The van der Waals surface area contributed by atoms with Crippen molar-refractivity contribution < 1.29 is 36.9 Å². The lowest BCUT2D eigenvalue weighted by molar-refractivity contribution is -0.274. The Balaban J connectivity index is 1.98. The molecule has 1 N–H and O–H groups in total. The topological polar surface area (TPSA) is 77.8 Å². The fourth-order valence-corrected chi connectivity index (χ4v) is 4.30. The summed E-state index contributed by atoms with van der Waals surface area (Å²) in [6, 6.07) is 8.24. The Kier molecular flexibility index (Phi) is 8.04. The van der Waals surface area contributed by atoms with Gasteiger partial charge in [0.15, 0.2) is 5.60 Å². The van der Waals surface area contributed by atoms with Crippen LogP contribution < -0.4 is 10.3 Å². The number of esters is 1. The van der Waals surface area contributed by atoms with Gasteiger partial charge in [-0.1, -0.05) is 24.6 Å². The second-order valence-electron chi connectivity index (χ2n) is 8.46. The molecule has 2 aromatic carbocycles. The van der Waals surface area contributed by atoms with E-state index in [4.69, 9.17) is 21.1 Å². The van der Waals surface area contributed by atoms with Gasteiger partial charge in [-0.05, 0) is 55.8 Å². The first kappa shape index (κ1) is 28.2. The van der Waals surface area contributed by atoms with Crippen LogP contribution in [-0.2, 0) is 17.4 Å². The van der Waals surface area contributed by atoms with Crippen LogP contribution in [0, 0.1) is 12.7 Å². The fourth-order valence-electron chi connectivity index (χ4n) is 3.96. The third-order valence-electron chi connectivity index (χ3n) is 5.97. The van der Waals surface area contributed by atoms with Crippen molar-refractivity contribution in [2.75, 3.05) is 6.61 Å². The maximum atomic E-state index is 14.3. The molecule has 0 saturated heterocycles. The highest BCUT2D eigenvalue weighted by Gasteiger charge is 2.59. The van der Waals surface area contributed by atoms with E-state index in [1.807, 2.05) is 0 Å². The number of alkyl halides is 3. The molecular formula is C26H24ClF4NO5. The highest BCUT2D eigenvalue weighted by Crippen LogP contribution is 2.50. The van der Waals surface area contributed by atoms with E-state index >= 15 is 0 Å². The maximum absolute atomic E-state index is 14.3. The second kappa shape index (κ2) is 10.5. The first-order valence-electron chi connectivity index (χ1n) is 11.1. The number of rotatable bonds is 7. The molecule has 0 radical (unpaired) electrons. The van der Waals surface area contributed by atoms with Crippen LogP contribution in [0.3, 0.4) is 0 Å². The van der Waals surface area contributed by atoms with Crippen LogP contribution in [0.25, 0.3) is 0 Å². The van der Waals surface area contributed by atoms with Gasteiger partial charge in [0.05, 0.1) is 12.2 Å². The van der Waals surface area contributed by atoms with Gasteiger partial charge in [-0.25, -0.2) is 9.18 Å². The number of halogens is 5. The Morgan fingerprint density at radius 1 is 1.14 bits per heavy atom. The molecule has 3 rings (SSSR count). The predicted molar refractivity (Wildman–Crippen MR) is 129 cm³/mol. The monoisotopic (exact) mass is 541 g/mol. The molecule has 0 amide bonds. The normalized spacial score (nSPS) is 14.1. The van der Waals surface area contributed by atoms with Crippen molar-refractivity contribution in [3.05, 3.63) is 92.1 Å². The van der Waals surface area contributed by atoms with Gasteiger partial charge in [-0.2, -0.15) is 13.2 Å². The Bertz CT molecular complexity index is 1360. The Morgan fingerprint density at radius 2 is 1.76 bits per heavy atom. The smallest absolute Gasteiger partial charge is 0.422 e. The van der Waals surface area contributed by atoms with Gasteiger partial charge < -0.3 is 19.1 Å². The number of aliphatic hydroxyl groups is 1. The lowest BCUT2D eigenvalue weighted by Crippen LogP contribution is -2.47. The van der Waals surface area contributed by atoms with Crippen molar-refractivity contribution in [3.63, 3.8) is 0 Å². The number of nitrogens with zero attached hydrogens (tertiary/aromatic N) is 1. The number of pyridine rings is 1. The summed E-state index contributed by atoms with van der Waals surface area (Å²) in [5.74, 6) is -3.13. The lowest BCUT2D eigenvalue weighted by atomic mass is 9.78.